The number of hydrogen-bond acceptors (Lipinski definition) is 3. The molecule has 0 heterocycles. The lowest BCUT2D eigenvalue weighted by Crippen LogP contribution is -2.19. The number of hydrogen-bond donors (Lipinski definition) is 1. The highest BCUT2D eigenvalue weighted by atomic mass is 79.9. The van der Waals surface area contributed by atoms with Crippen molar-refractivity contribution < 1.29 is 4.74 Å². The molecule has 0 aliphatic carbocycles. The van der Waals surface area contributed by atoms with Crippen LogP contribution in [0.3, 0.4) is 0 Å². The Kier molecular flexibility index (Phi) is 7.98. The van der Waals surface area contributed by atoms with Gasteiger partial charge in [-0.2, -0.15) is 0 Å². The maximum absolute atomic E-state index is 5.06. The van der Waals surface area contributed by atoms with Crippen LogP contribution in [0.2, 0.25) is 0 Å². The molecule has 0 saturated carbocycles. The SMILES string of the molecule is CCCNC(C)c1ccc(SCCOC)c(Br)c1. The van der Waals surface area contributed by atoms with Crippen molar-refractivity contribution in [2.45, 2.75) is 31.2 Å². The molecule has 0 spiro atoms. The zero-order valence-corrected chi connectivity index (χ0v) is 13.7. The van der Waals surface area contributed by atoms with Gasteiger partial charge in [0.15, 0.2) is 0 Å². The smallest absolute Gasteiger partial charge is 0.0556 e. The summed E-state index contributed by atoms with van der Waals surface area (Å²) in [7, 11) is 1.74. The number of rotatable bonds is 8. The van der Waals surface area contributed by atoms with E-state index in [9.17, 15) is 0 Å². The Morgan fingerprint density at radius 2 is 2.22 bits per heavy atom. The first-order valence-electron chi connectivity index (χ1n) is 6.33. The van der Waals surface area contributed by atoms with Crippen molar-refractivity contribution in [2.24, 2.45) is 0 Å². The molecule has 0 amide bonds. The van der Waals surface area contributed by atoms with Crippen molar-refractivity contribution in [3.63, 3.8) is 0 Å². The van der Waals surface area contributed by atoms with Crippen LogP contribution in [0.4, 0.5) is 0 Å². The molecule has 1 aromatic carbocycles. The van der Waals surface area contributed by atoms with Crippen LogP contribution in [-0.2, 0) is 4.74 Å². The van der Waals surface area contributed by atoms with E-state index in [1.54, 1.807) is 7.11 Å². The van der Waals surface area contributed by atoms with Gasteiger partial charge in [-0.3, -0.25) is 0 Å². The zero-order valence-electron chi connectivity index (χ0n) is 11.3. The zero-order chi connectivity index (χ0) is 13.4. The van der Waals surface area contributed by atoms with Crippen LogP contribution in [0.15, 0.2) is 27.6 Å². The molecule has 0 aliphatic rings. The van der Waals surface area contributed by atoms with E-state index >= 15 is 0 Å². The molecule has 18 heavy (non-hydrogen) atoms. The number of nitrogens with one attached hydrogen (secondary N) is 1. The fourth-order valence-corrected chi connectivity index (χ4v) is 3.19. The largest absolute Gasteiger partial charge is 0.384 e. The summed E-state index contributed by atoms with van der Waals surface area (Å²) in [6, 6.07) is 7.00. The molecule has 4 heteroatoms. The highest BCUT2D eigenvalue weighted by molar-refractivity contribution is 9.10. The summed E-state index contributed by atoms with van der Waals surface area (Å²) < 4.78 is 6.24. The van der Waals surface area contributed by atoms with Gasteiger partial charge in [0, 0.05) is 28.3 Å². The molecule has 1 rings (SSSR count). The normalized spacial score (nSPS) is 12.7. The van der Waals surface area contributed by atoms with Gasteiger partial charge in [-0.1, -0.05) is 13.0 Å². The number of ether oxygens (including phenoxy) is 1. The first-order valence-corrected chi connectivity index (χ1v) is 8.11. The van der Waals surface area contributed by atoms with Crippen LogP contribution in [-0.4, -0.2) is 26.0 Å². The fourth-order valence-electron chi connectivity index (χ4n) is 1.62. The molecule has 1 N–H and O–H groups in total. The second-order valence-corrected chi connectivity index (χ2v) is 6.20. The summed E-state index contributed by atoms with van der Waals surface area (Å²) in [6.45, 7) is 6.23. The van der Waals surface area contributed by atoms with Gasteiger partial charge in [0.25, 0.3) is 0 Å². The van der Waals surface area contributed by atoms with Crippen LogP contribution < -0.4 is 5.32 Å². The van der Waals surface area contributed by atoms with E-state index in [-0.39, 0.29) is 0 Å². The van der Waals surface area contributed by atoms with E-state index in [0.717, 1.165) is 25.3 Å². The highest BCUT2D eigenvalue weighted by Crippen LogP contribution is 2.30. The first kappa shape index (κ1) is 16.0. The highest BCUT2D eigenvalue weighted by Gasteiger charge is 2.07. The average Bonchev–Trinajstić information content (AvgIpc) is 2.38. The average molecular weight is 332 g/mol. The van der Waals surface area contributed by atoms with E-state index in [1.165, 1.54) is 14.9 Å². The Morgan fingerprint density at radius 1 is 1.44 bits per heavy atom. The van der Waals surface area contributed by atoms with Crippen LogP contribution in [0, 0.1) is 0 Å². The van der Waals surface area contributed by atoms with Crippen molar-refractivity contribution >= 4 is 27.7 Å². The number of benzene rings is 1. The Bertz CT molecular complexity index is 360. The van der Waals surface area contributed by atoms with E-state index in [4.69, 9.17) is 4.74 Å². The van der Waals surface area contributed by atoms with Crippen LogP contribution in [0.5, 0.6) is 0 Å². The van der Waals surface area contributed by atoms with E-state index in [1.807, 2.05) is 11.8 Å². The molecule has 1 aromatic rings. The number of halogens is 1. The van der Waals surface area contributed by atoms with Gasteiger partial charge >= 0.3 is 0 Å². The molecule has 0 radical (unpaired) electrons. The van der Waals surface area contributed by atoms with Gasteiger partial charge < -0.3 is 10.1 Å². The van der Waals surface area contributed by atoms with E-state index in [2.05, 4.69) is 53.3 Å². The minimum absolute atomic E-state index is 0.402. The molecule has 1 atom stereocenters. The molecule has 0 fully saturated rings. The molecule has 102 valence electrons. The third-order valence-electron chi connectivity index (χ3n) is 2.70. The quantitative estimate of drug-likeness (QED) is 0.568. The second kappa shape index (κ2) is 8.97. The topological polar surface area (TPSA) is 21.3 Å². The van der Waals surface area contributed by atoms with Gasteiger partial charge in [-0.25, -0.2) is 0 Å². The Hall–Kier alpha value is -0.0300. The Labute approximate surface area is 123 Å². The molecule has 2 nitrogen and oxygen atoms in total. The van der Waals surface area contributed by atoms with Gasteiger partial charge in [-0.05, 0) is 53.5 Å². The number of thioether (sulfide) groups is 1. The molecule has 0 bridgehead atoms. The number of methoxy groups -OCH3 is 1. The minimum Gasteiger partial charge on any atom is -0.384 e. The van der Waals surface area contributed by atoms with Crippen LogP contribution in [0.1, 0.15) is 31.9 Å². The predicted octanol–water partition coefficient (Wildman–Crippen LogP) is 4.25. The summed E-state index contributed by atoms with van der Waals surface area (Å²) in [4.78, 5) is 1.28. The van der Waals surface area contributed by atoms with E-state index in [0.29, 0.717) is 6.04 Å². The molecule has 0 aliphatic heterocycles. The summed E-state index contributed by atoms with van der Waals surface area (Å²) in [5.41, 5.74) is 1.33. The molecule has 0 aromatic heterocycles. The standard InChI is InChI=1S/C14H22BrNOS/c1-4-7-16-11(2)12-5-6-14(13(15)10-12)18-9-8-17-3/h5-6,10-11,16H,4,7-9H2,1-3H3. The lowest BCUT2D eigenvalue weighted by molar-refractivity contribution is 0.218. The van der Waals surface area contributed by atoms with Crippen molar-refractivity contribution in [2.75, 3.05) is 26.0 Å². The molecule has 1 unspecified atom stereocenters. The Balaban J connectivity index is 2.60. The van der Waals surface area contributed by atoms with Crippen LogP contribution >= 0.6 is 27.7 Å². The summed E-state index contributed by atoms with van der Waals surface area (Å²) in [5, 5.41) is 3.50. The third-order valence-corrected chi connectivity index (χ3v) is 4.66. The maximum atomic E-state index is 5.06. The maximum Gasteiger partial charge on any atom is 0.0556 e. The minimum atomic E-state index is 0.402. The molecular weight excluding hydrogens is 310 g/mol. The van der Waals surface area contributed by atoms with Gasteiger partial charge in [0.2, 0.25) is 0 Å². The second-order valence-electron chi connectivity index (χ2n) is 4.21. The van der Waals surface area contributed by atoms with Crippen molar-refractivity contribution in [3.05, 3.63) is 28.2 Å². The van der Waals surface area contributed by atoms with Gasteiger partial charge in [-0.15, -0.1) is 11.8 Å². The molecule has 0 saturated heterocycles. The first-order chi connectivity index (χ1) is 8.69. The van der Waals surface area contributed by atoms with Crippen molar-refractivity contribution in [3.8, 4) is 0 Å². The van der Waals surface area contributed by atoms with Gasteiger partial charge in [0.05, 0.1) is 6.61 Å². The van der Waals surface area contributed by atoms with Crippen molar-refractivity contribution in [1.29, 1.82) is 0 Å². The third kappa shape index (κ3) is 5.31. The lowest BCUT2D eigenvalue weighted by Gasteiger charge is -2.15. The lowest BCUT2D eigenvalue weighted by atomic mass is 10.1. The van der Waals surface area contributed by atoms with Gasteiger partial charge in [0.1, 0.15) is 0 Å². The monoisotopic (exact) mass is 331 g/mol. The van der Waals surface area contributed by atoms with Crippen LogP contribution in [0.25, 0.3) is 0 Å². The molecular formula is C14H22BrNOS. The van der Waals surface area contributed by atoms with E-state index < -0.39 is 0 Å². The summed E-state index contributed by atoms with van der Waals surface area (Å²) in [5.74, 6) is 0.984. The van der Waals surface area contributed by atoms with Crippen molar-refractivity contribution in [1.82, 2.24) is 5.32 Å². The summed E-state index contributed by atoms with van der Waals surface area (Å²) >= 11 is 5.46. The Morgan fingerprint density at radius 3 is 2.83 bits per heavy atom. The fraction of sp³-hybridized carbons (Fsp3) is 0.571. The summed E-state index contributed by atoms with van der Waals surface area (Å²) in [6.07, 6.45) is 1.16. The predicted molar refractivity (Wildman–Crippen MR) is 83.5 cm³/mol.